The fourth-order valence-electron chi connectivity index (χ4n) is 2.18. The molecule has 2 aromatic rings. The SMILES string of the molecule is O=C1Nc2ccccc2C1Nc1c(Cl)cc(Cl)cc1Cl. The van der Waals surface area contributed by atoms with Gasteiger partial charge in [0.25, 0.3) is 5.91 Å². The van der Waals surface area contributed by atoms with E-state index in [1.807, 2.05) is 24.3 Å². The summed E-state index contributed by atoms with van der Waals surface area (Å²) in [5.74, 6) is -0.145. The number of amides is 1. The van der Waals surface area contributed by atoms with E-state index in [9.17, 15) is 4.79 Å². The van der Waals surface area contributed by atoms with E-state index in [4.69, 9.17) is 34.8 Å². The van der Waals surface area contributed by atoms with Crippen LogP contribution in [0.15, 0.2) is 36.4 Å². The highest BCUT2D eigenvalue weighted by molar-refractivity contribution is 6.41. The zero-order valence-electron chi connectivity index (χ0n) is 10.1. The molecule has 1 atom stereocenters. The first-order valence-corrected chi connectivity index (χ1v) is 7.00. The Balaban J connectivity index is 1.98. The zero-order valence-corrected chi connectivity index (χ0v) is 12.4. The number of nitrogens with one attached hydrogen (secondary N) is 2. The average Bonchev–Trinajstić information content (AvgIpc) is 2.69. The van der Waals surface area contributed by atoms with E-state index in [1.54, 1.807) is 12.1 Å². The first-order chi connectivity index (χ1) is 9.56. The smallest absolute Gasteiger partial charge is 0.251 e. The maximum absolute atomic E-state index is 12.0. The Bertz CT molecular complexity index is 680. The Morgan fingerprint density at radius 3 is 2.40 bits per heavy atom. The molecule has 2 N–H and O–H groups in total. The molecule has 0 aliphatic carbocycles. The Kier molecular flexibility index (Phi) is 3.50. The number of rotatable bonds is 2. The number of carbonyl (C=O) groups excluding carboxylic acids is 1. The van der Waals surface area contributed by atoms with Gasteiger partial charge in [-0.1, -0.05) is 53.0 Å². The predicted molar refractivity (Wildman–Crippen MR) is 82.9 cm³/mol. The number of para-hydroxylation sites is 1. The largest absolute Gasteiger partial charge is 0.368 e. The van der Waals surface area contributed by atoms with Gasteiger partial charge in [-0.25, -0.2) is 0 Å². The van der Waals surface area contributed by atoms with Gasteiger partial charge in [0.15, 0.2) is 0 Å². The van der Waals surface area contributed by atoms with Gasteiger partial charge in [-0.3, -0.25) is 4.79 Å². The molecule has 0 spiro atoms. The van der Waals surface area contributed by atoms with Crippen molar-refractivity contribution in [3.63, 3.8) is 0 Å². The van der Waals surface area contributed by atoms with Crippen molar-refractivity contribution in [1.82, 2.24) is 0 Å². The summed E-state index contributed by atoms with van der Waals surface area (Å²) in [5, 5.41) is 7.08. The number of benzene rings is 2. The molecule has 1 unspecified atom stereocenters. The highest BCUT2D eigenvalue weighted by Gasteiger charge is 2.30. The minimum absolute atomic E-state index is 0.145. The first-order valence-electron chi connectivity index (χ1n) is 5.87. The Hall–Kier alpha value is -1.42. The van der Waals surface area contributed by atoms with Crippen LogP contribution in [0.5, 0.6) is 0 Å². The van der Waals surface area contributed by atoms with Crippen LogP contribution in [0.1, 0.15) is 11.6 Å². The van der Waals surface area contributed by atoms with Crippen LogP contribution in [0.2, 0.25) is 15.1 Å². The number of halogens is 3. The summed E-state index contributed by atoms with van der Waals surface area (Å²) in [7, 11) is 0. The van der Waals surface area contributed by atoms with Crippen molar-refractivity contribution in [2.24, 2.45) is 0 Å². The van der Waals surface area contributed by atoms with Crippen molar-refractivity contribution in [2.45, 2.75) is 6.04 Å². The molecule has 3 rings (SSSR count). The molecule has 6 heteroatoms. The summed E-state index contributed by atoms with van der Waals surface area (Å²) in [6.07, 6.45) is 0. The maximum Gasteiger partial charge on any atom is 0.251 e. The van der Waals surface area contributed by atoms with E-state index < -0.39 is 6.04 Å². The zero-order chi connectivity index (χ0) is 14.3. The third-order valence-electron chi connectivity index (χ3n) is 3.09. The normalized spacial score (nSPS) is 16.8. The molecule has 1 heterocycles. The molecular formula is C14H9Cl3N2O. The summed E-state index contributed by atoms with van der Waals surface area (Å²) in [6, 6.07) is 10.1. The summed E-state index contributed by atoms with van der Waals surface area (Å²) >= 11 is 18.1. The topological polar surface area (TPSA) is 41.1 Å². The molecule has 0 saturated carbocycles. The monoisotopic (exact) mass is 326 g/mol. The number of anilines is 2. The molecule has 2 aromatic carbocycles. The highest BCUT2D eigenvalue weighted by atomic mass is 35.5. The van der Waals surface area contributed by atoms with Crippen molar-refractivity contribution >= 4 is 52.1 Å². The van der Waals surface area contributed by atoms with Crippen LogP contribution in [0.25, 0.3) is 0 Å². The molecule has 0 radical (unpaired) electrons. The minimum Gasteiger partial charge on any atom is -0.368 e. The van der Waals surface area contributed by atoms with E-state index >= 15 is 0 Å². The lowest BCUT2D eigenvalue weighted by atomic mass is 10.1. The number of hydrogen-bond acceptors (Lipinski definition) is 2. The van der Waals surface area contributed by atoms with Crippen LogP contribution in [0.3, 0.4) is 0 Å². The molecule has 1 aliphatic heterocycles. The van der Waals surface area contributed by atoms with E-state index in [-0.39, 0.29) is 5.91 Å². The molecule has 20 heavy (non-hydrogen) atoms. The van der Waals surface area contributed by atoms with Crippen molar-refractivity contribution in [3.05, 3.63) is 57.0 Å². The van der Waals surface area contributed by atoms with E-state index in [2.05, 4.69) is 10.6 Å². The quantitative estimate of drug-likeness (QED) is 0.835. The molecule has 1 amide bonds. The van der Waals surface area contributed by atoms with Gasteiger partial charge >= 0.3 is 0 Å². The van der Waals surface area contributed by atoms with Gasteiger partial charge in [0.1, 0.15) is 6.04 Å². The van der Waals surface area contributed by atoms with Gasteiger partial charge in [0, 0.05) is 16.3 Å². The van der Waals surface area contributed by atoms with Crippen LogP contribution >= 0.6 is 34.8 Å². The fraction of sp³-hybridized carbons (Fsp3) is 0.0714. The van der Waals surface area contributed by atoms with Crippen LogP contribution < -0.4 is 10.6 Å². The lowest BCUT2D eigenvalue weighted by molar-refractivity contribution is -0.116. The Labute approximate surface area is 130 Å². The number of carbonyl (C=O) groups is 1. The van der Waals surface area contributed by atoms with Crippen LogP contribution in [-0.4, -0.2) is 5.91 Å². The van der Waals surface area contributed by atoms with Gasteiger partial charge in [0.2, 0.25) is 0 Å². The molecular weight excluding hydrogens is 319 g/mol. The van der Waals surface area contributed by atoms with Crippen molar-refractivity contribution < 1.29 is 4.79 Å². The second-order valence-electron chi connectivity index (χ2n) is 4.40. The number of fused-ring (bicyclic) bond motifs is 1. The van der Waals surface area contributed by atoms with Gasteiger partial charge in [-0.15, -0.1) is 0 Å². The second-order valence-corrected chi connectivity index (χ2v) is 5.65. The van der Waals surface area contributed by atoms with Gasteiger partial charge < -0.3 is 10.6 Å². The number of hydrogen-bond donors (Lipinski definition) is 2. The molecule has 3 nitrogen and oxygen atoms in total. The third kappa shape index (κ3) is 2.33. The summed E-state index contributed by atoms with van der Waals surface area (Å²) in [6.45, 7) is 0. The third-order valence-corrected chi connectivity index (χ3v) is 3.90. The molecule has 102 valence electrons. The van der Waals surface area contributed by atoms with Crippen molar-refractivity contribution in [1.29, 1.82) is 0 Å². The first kappa shape index (κ1) is 13.6. The van der Waals surface area contributed by atoms with E-state index in [1.165, 1.54) is 0 Å². The molecule has 1 aliphatic rings. The average molecular weight is 328 g/mol. The lowest BCUT2D eigenvalue weighted by Gasteiger charge is -2.16. The Morgan fingerprint density at radius 2 is 1.70 bits per heavy atom. The minimum atomic E-state index is -0.526. The molecule has 0 aromatic heterocycles. The predicted octanol–water partition coefficient (Wildman–Crippen LogP) is 4.75. The van der Waals surface area contributed by atoms with Gasteiger partial charge in [-0.05, 0) is 18.2 Å². The Morgan fingerprint density at radius 1 is 1.05 bits per heavy atom. The maximum atomic E-state index is 12.0. The summed E-state index contributed by atoms with van der Waals surface area (Å²) in [5.41, 5.74) is 2.14. The van der Waals surface area contributed by atoms with E-state index in [0.29, 0.717) is 20.8 Å². The van der Waals surface area contributed by atoms with Crippen molar-refractivity contribution in [3.8, 4) is 0 Å². The van der Waals surface area contributed by atoms with Crippen LogP contribution in [0.4, 0.5) is 11.4 Å². The van der Waals surface area contributed by atoms with Gasteiger partial charge in [0.05, 0.1) is 15.7 Å². The molecule has 0 fully saturated rings. The summed E-state index contributed by atoms with van der Waals surface area (Å²) in [4.78, 5) is 12.0. The lowest BCUT2D eigenvalue weighted by Crippen LogP contribution is -2.20. The van der Waals surface area contributed by atoms with Crippen LogP contribution in [0, 0.1) is 0 Å². The van der Waals surface area contributed by atoms with Crippen molar-refractivity contribution in [2.75, 3.05) is 10.6 Å². The summed E-state index contributed by atoms with van der Waals surface area (Å²) < 4.78 is 0. The highest BCUT2D eigenvalue weighted by Crippen LogP contribution is 2.39. The van der Waals surface area contributed by atoms with E-state index in [0.717, 1.165) is 11.3 Å². The van der Waals surface area contributed by atoms with Gasteiger partial charge in [-0.2, -0.15) is 0 Å². The second kappa shape index (κ2) is 5.17. The van der Waals surface area contributed by atoms with Crippen LogP contribution in [-0.2, 0) is 4.79 Å². The molecule has 0 bridgehead atoms. The standard InChI is InChI=1S/C14H9Cl3N2O/c15-7-5-9(16)13(10(17)6-7)19-12-8-3-1-2-4-11(8)18-14(12)20/h1-6,12,19H,(H,18,20). The fourth-order valence-corrected chi connectivity index (χ4v) is 3.10. The molecule has 0 saturated heterocycles.